The third kappa shape index (κ3) is 3.18. The number of carbonyl (C=O) groups is 2. The third-order valence-electron chi connectivity index (χ3n) is 3.32. The molecule has 1 heterocycles. The molecule has 2 aromatic rings. The smallest absolute Gasteiger partial charge is 0.326 e. The fourth-order valence-electron chi connectivity index (χ4n) is 2.16. The molecule has 21 heavy (non-hydrogen) atoms. The van der Waals surface area contributed by atoms with E-state index >= 15 is 0 Å². The third-order valence-corrected chi connectivity index (χ3v) is 3.32. The normalized spacial score (nSPS) is 12.4. The number of para-hydroxylation sites is 1. The number of pyridine rings is 1. The highest BCUT2D eigenvalue weighted by molar-refractivity contribution is 6.06. The fourth-order valence-corrected chi connectivity index (χ4v) is 2.16. The first-order valence-electron chi connectivity index (χ1n) is 6.80. The van der Waals surface area contributed by atoms with Gasteiger partial charge in [0.1, 0.15) is 6.04 Å². The highest BCUT2D eigenvalue weighted by Crippen LogP contribution is 2.17. The topological polar surface area (TPSA) is 79.3 Å². The van der Waals surface area contributed by atoms with Crippen LogP contribution in [0.25, 0.3) is 10.9 Å². The van der Waals surface area contributed by atoms with Gasteiger partial charge in [-0.1, -0.05) is 32.0 Å². The van der Waals surface area contributed by atoms with Crippen LogP contribution in [0.4, 0.5) is 0 Å². The van der Waals surface area contributed by atoms with Crippen molar-refractivity contribution >= 4 is 22.8 Å². The first-order chi connectivity index (χ1) is 9.90. The minimum absolute atomic E-state index is 0.198. The van der Waals surface area contributed by atoms with Crippen LogP contribution in [-0.2, 0) is 4.79 Å². The zero-order valence-corrected chi connectivity index (χ0v) is 12.3. The van der Waals surface area contributed by atoms with E-state index in [0.29, 0.717) is 11.1 Å². The molecule has 2 N–H and O–H groups in total. The maximum absolute atomic E-state index is 12.4. The van der Waals surface area contributed by atoms with Gasteiger partial charge in [0.15, 0.2) is 0 Å². The Morgan fingerprint density at radius 1 is 1.19 bits per heavy atom. The van der Waals surface area contributed by atoms with Gasteiger partial charge in [-0.3, -0.25) is 9.78 Å². The molecule has 0 spiro atoms. The first kappa shape index (κ1) is 15.0. The van der Waals surface area contributed by atoms with Crippen LogP contribution in [0, 0.1) is 12.8 Å². The molecule has 1 amide bonds. The van der Waals surface area contributed by atoms with Crippen LogP contribution in [-0.4, -0.2) is 28.0 Å². The molecule has 0 saturated carbocycles. The lowest BCUT2D eigenvalue weighted by Crippen LogP contribution is -2.44. The zero-order valence-electron chi connectivity index (χ0n) is 12.3. The summed E-state index contributed by atoms with van der Waals surface area (Å²) in [5, 5.41) is 12.6. The summed E-state index contributed by atoms with van der Waals surface area (Å²) in [5.74, 6) is -1.65. The van der Waals surface area contributed by atoms with E-state index in [9.17, 15) is 9.59 Å². The highest BCUT2D eigenvalue weighted by atomic mass is 16.4. The SMILES string of the molecule is Cc1ccc2cccc(C(=O)N[C@H](C(=O)O)C(C)C)c2n1. The lowest BCUT2D eigenvalue weighted by molar-refractivity contribution is -0.140. The molecule has 1 aromatic heterocycles. The van der Waals surface area contributed by atoms with Crippen molar-refractivity contribution in [2.75, 3.05) is 0 Å². The van der Waals surface area contributed by atoms with Crippen molar-refractivity contribution in [2.24, 2.45) is 5.92 Å². The average Bonchev–Trinajstić information content (AvgIpc) is 2.43. The Bertz CT molecular complexity index is 695. The molecule has 0 saturated heterocycles. The second-order valence-electron chi connectivity index (χ2n) is 5.36. The second kappa shape index (κ2) is 5.91. The summed E-state index contributed by atoms with van der Waals surface area (Å²) < 4.78 is 0. The van der Waals surface area contributed by atoms with E-state index in [1.165, 1.54) is 0 Å². The Morgan fingerprint density at radius 3 is 2.52 bits per heavy atom. The monoisotopic (exact) mass is 286 g/mol. The van der Waals surface area contributed by atoms with Crippen molar-refractivity contribution in [3.05, 3.63) is 41.6 Å². The number of amides is 1. The number of aryl methyl sites for hydroxylation is 1. The Hall–Kier alpha value is -2.43. The summed E-state index contributed by atoms with van der Waals surface area (Å²) in [7, 11) is 0. The van der Waals surface area contributed by atoms with E-state index in [-0.39, 0.29) is 5.92 Å². The molecule has 5 nitrogen and oxygen atoms in total. The summed E-state index contributed by atoms with van der Waals surface area (Å²) in [6.45, 7) is 5.36. The van der Waals surface area contributed by atoms with E-state index in [2.05, 4.69) is 10.3 Å². The second-order valence-corrected chi connectivity index (χ2v) is 5.36. The average molecular weight is 286 g/mol. The van der Waals surface area contributed by atoms with Crippen LogP contribution in [0.15, 0.2) is 30.3 Å². The molecular formula is C16H18N2O3. The first-order valence-corrected chi connectivity index (χ1v) is 6.80. The molecule has 0 unspecified atom stereocenters. The Kier molecular flexibility index (Phi) is 4.21. The molecule has 0 fully saturated rings. The van der Waals surface area contributed by atoms with E-state index in [1.54, 1.807) is 26.0 Å². The number of carboxylic acids is 1. The predicted molar refractivity (Wildman–Crippen MR) is 80.2 cm³/mol. The van der Waals surface area contributed by atoms with E-state index in [1.807, 2.05) is 25.1 Å². The molecule has 1 atom stereocenters. The van der Waals surface area contributed by atoms with Gasteiger partial charge in [0, 0.05) is 11.1 Å². The minimum atomic E-state index is -1.04. The summed E-state index contributed by atoms with van der Waals surface area (Å²) in [4.78, 5) is 28.0. The Labute approximate surface area is 123 Å². The molecular weight excluding hydrogens is 268 g/mol. The van der Waals surface area contributed by atoms with E-state index < -0.39 is 17.9 Å². The molecule has 0 aliphatic carbocycles. The van der Waals surface area contributed by atoms with Crippen LogP contribution >= 0.6 is 0 Å². The number of aromatic nitrogens is 1. The lowest BCUT2D eigenvalue weighted by atomic mass is 10.0. The van der Waals surface area contributed by atoms with Gasteiger partial charge < -0.3 is 10.4 Å². The number of benzene rings is 1. The number of rotatable bonds is 4. The summed E-state index contributed by atoms with van der Waals surface area (Å²) >= 11 is 0. The van der Waals surface area contributed by atoms with Crippen LogP contribution in [0.1, 0.15) is 29.9 Å². The van der Waals surface area contributed by atoms with E-state index in [4.69, 9.17) is 5.11 Å². The number of hydrogen-bond donors (Lipinski definition) is 2. The van der Waals surface area contributed by atoms with Crippen molar-refractivity contribution in [3.63, 3.8) is 0 Å². The molecule has 0 radical (unpaired) electrons. The quantitative estimate of drug-likeness (QED) is 0.904. The van der Waals surface area contributed by atoms with Crippen LogP contribution < -0.4 is 5.32 Å². The molecule has 2 rings (SSSR count). The largest absolute Gasteiger partial charge is 0.480 e. The number of hydrogen-bond acceptors (Lipinski definition) is 3. The van der Waals surface area contributed by atoms with E-state index in [0.717, 1.165) is 11.1 Å². The molecule has 5 heteroatoms. The van der Waals surface area contributed by atoms with Gasteiger partial charge in [0.25, 0.3) is 5.91 Å². The number of aliphatic carboxylic acids is 1. The summed E-state index contributed by atoms with van der Waals surface area (Å²) in [6.07, 6.45) is 0. The van der Waals surface area contributed by atoms with Gasteiger partial charge in [-0.2, -0.15) is 0 Å². The standard InChI is InChI=1S/C16H18N2O3/c1-9(2)13(16(20)21)18-15(19)12-6-4-5-11-8-7-10(3)17-14(11)12/h4-9,13H,1-3H3,(H,18,19)(H,20,21)/t13-/m0/s1. The fraction of sp³-hybridized carbons (Fsp3) is 0.312. The van der Waals surface area contributed by atoms with Crippen molar-refractivity contribution in [1.29, 1.82) is 0 Å². The van der Waals surface area contributed by atoms with Crippen LogP contribution in [0.3, 0.4) is 0 Å². The number of nitrogens with zero attached hydrogens (tertiary/aromatic N) is 1. The molecule has 0 aliphatic heterocycles. The number of nitrogens with one attached hydrogen (secondary N) is 1. The Morgan fingerprint density at radius 2 is 1.90 bits per heavy atom. The predicted octanol–water partition coefficient (Wildman–Crippen LogP) is 2.38. The molecule has 0 bridgehead atoms. The number of fused-ring (bicyclic) bond motifs is 1. The van der Waals surface area contributed by atoms with Gasteiger partial charge in [-0.15, -0.1) is 0 Å². The van der Waals surface area contributed by atoms with Gasteiger partial charge in [-0.05, 0) is 25.0 Å². The maximum Gasteiger partial charge on any atom is 0.326 e. The molecule has 110 valence electrons. The van der Waals surface area contributed by atoms with Gasteiger partial charge >= 0.3 is 5.97 Å². The van der Waals surface area contributed by atoms with Gasteiger partial charge in [0.2, 0.25) is 0 Å². The van der Waals surface area contributed by atoms with Crippen LogP contribution in [0.5, 0.6) is 0 Å². The molecule has 0 aliphatic rings. The van der Waals surface area contributed by atoms with Crippen molar-refractivity contribution in [1.82, 2.24) is 10.3 Å². The zero-order chi connectivity index (χ0) is 15.6. The summed E-state index contributed by atoms with van der Waals surface area (Å²) in [5.41, 5.74) is 1.78. The van der Waals surface area contributed by atoms with Crippen molar-refractivity contribution in [2.45, 2.75) is 26.8 Å². The number of carbonyl (C=O) groups excluding carboxylic acids is 1. The number of carboxylic acid groups (broad SMARTS) is 1. The van der Waals surface area contributed by atoms with Crippen molar-refractivity contribution in [3.8, 4) is 0 Å². The van der Waals surface area contributed by atoms with Gasteiger partial charge in [-0.25, -0.2) is 4.79 Å². The highest BCUT2D eigenvalue weighted by Gasteiger charge is 2.24. The summed E-state index contributed by atoms with van der Waals surface area (Å²) in [6, 6.07) is 8.14. The van der Waals surface area contributed by atoms with Gasteiger partial charge in [0.05, 0.1) is 11.1 Å². The molecule has 1 aromatic carbocycles. The van der Waals surface area contributed by atoms with Crippen LogP contribution in [0.2, 0.25) is 0 Å². The van der Waals surface area contributed by atoms with Crippen molar-refractivity contribution < 1.29 is 14.7 Å². The maximum atomic E-state index is 12.4. The Balaban J connectivity index is 2.39. The minimum Gasteiger partial charge on any atom is -0.480 e. The lowest BCUT2D eigenvalue weighted by Gasteiger charge is -2.18.